The Morgan fingerprint density at radius 2 is 1.96 bits per heavy atom. The van der Waals surface area contributed by atoms with E-state index in [1.807, 2.05) is 13.0 Å². The number of benzene rings is 1. The molecule has 0 bridgehead atoms. The van der Waals surface area contributed by atoms with Gasteiger partial charge in [0, 0.05) is 11.9 Å². The van der Waals surface area contributed by atoms with Gasteiger partial charge in [0.1, 0.15) is 17.2 Å². The van der Waals surface area contributed by atoms with Crippen molar-refractivity contribution in [3.8, 4) is 0 Å². The Morgan fingerprint density at radius 3 is 2.60 bits per heavy atom. The normalized spacial score (nSPS) is 11.7. The lowest BCUT2D eigenvalue weighted by molar-refractivity contribution is 0.0949. The fraction of sp³-hybridized carbons (Fsp3) is 0.222. The van der Waals surface area contributed by atoms with Crippen LogP contribution in [-0.2, 0) is 6.54 Å². The Labute approximate surface area is 144 Å². The van der Waals surface area contributed by atoms with Crippen molar-refractivity contribution >= 4 is 22.4 Å². The topological polar surface area (TPSA) is 89.5 Å². The van der Waals surface area contributed by atoms with Crippen molar-refractivity contribution in [1.82, 2.24) is 15.2 Å². The molecule has 0 aliphatic carbocycles. The molecule has 0 saturated heterocycles. The number of hydrogen-bond acceptors (Lipinski definition) is 5. The van der Waals surface area contributed by atoms with E-state index >= 15 is 0 Å². The van der Waals surface area contributed by atoms with Crippen molar-refractivity contribution in [3.63, 3.8) is 0 Å². The number of aromatic nitrogens is 2. The third-order valence-corrected chi connectivity index (χ3v) is 3.80. The Hall–Kier alpha value is -3.22. The lowest BCUT2D eigenvalue weighted by Crippen LogP contribution is -2.28. The van der Waals surface area contributed by atoms with E-state index in [0.717, 1.165) is 5.76 Å². The molecular weight excluding hydrogens is 320 g/mol. The highest BCUT2D eigenvalue weighted by Crippen LogP contribution is 2.13. The minimum Gasteiger partial charge on any atom is -0.460 e. The molecule has 7 heteroatoms. The van der Waals surface area contributed by atoms with Gasteiger partial charge < -0.3 is 4.42 Å². The second-order valence-corrected chi connectivity index (χ2v) is 5.56. The van der Waals surface area contributed by atoms with Gasteiger partial charge in [-0.25, -0.2) is 10.1 Å². The van der Waals surface area contributed by atoms with Gasteiger partial charge in [0.25, 0.3) is 11.5 Å². The monoisotopic (exact) mass is 338 g/mol. The molecule has 0 aliphatic heterocycles. The first-order valence-corrected chi connectivity index (χ1v) is 7.92. The van der Waals surface area contributed by atoms with E-state index in [1.165, 1.54) is 4.68 Å². The van der Waals surface area contributed by atoms with Crippen LogP contribution in [0, 0.1) is 6.92 Å². The van der Waals surface area contributed by atoms with E-state index < -0.39 is 5.91 Å². The summed E-state index contributed by atoms with van der Waals surface area (Å²) in [7, 11) is 0. The third-order valence-electron chi connectivity index (χ3n) is 3.80. The van der Waals surface area contributed by atoms with Crippen LogP contribution in [0.5, 0.6) is 0 Å². The van der Waals surface area contributed by atoms with E-state index in [1.54, 1.807) is 44.2 Å². The maximum atomic E-state index is 12.6. The smallest absolute Gasteiger partial charge is 0.292 e. The first kappa shape index (κ1) is 16.6. The van der Waals surface area contributed by atoms with Crippen LogP contribution in [0.1, 0.15) is 35.9 Å². The summed E-state index contributed by atoms with van der Waals surface area (Å²) in [6.45, 7) is 5.74. The van der Waals surface area contributed by atoms with Gasteiger partial charge in [0.15, 0.2) is 5.69 Å². The van der Waals surface area contributed by atoms with Crippen molar-refractivity contribution in [2.45, 2.75) is 27.3 Å². The highest BCUT2D eigenvalue weighted by molar-refractivity contribution is 6.05. The third kappa shape index (κ3) is 3.21. The van der Waals surface area contributed by atoms with Gasteiger partial charge in [-0.1, -0.05) is 18.2 Å². The number of fused-ring (bicyclic) bond motifs is 1. The van der Waals surface area contributed by atoms with Gasteiger partial charge in [0.2, 0.25) is 0 Å². The van der Waals surface area contributed by atoms with Gasteiger partial charge in [-0.3, -0.25) is 9.59 Å². The predicted molar refractivity (Wildman–Crippen MR) is 94.8 cm³/mol. The van der Waals surface area contributed by atoms with E-state index in [4.69, 9.17) is 4.42 Å². The molecule has 0 saturated carbocycles. The molecule has 0 atom stereocenters. The highest BCUT2D eigenvalue weighted by atomic mass is 16.3. The van der Waals surface area contributed by atoms with Crippen LogP contribution < -0.4 is 11.0 Å². The van der Waals surface area contributed by atoms with Crippen LogP contribution in [0.2, 0.25) is 0 Å². The fourth-order valence-corrected chi connectivity index (χ4v) is 2.49. The molecular formula is C18H18N4O3. The lowest BCUT2D eigenvalue weighted by Gasteiger charge is -2.08. The van der Waals surface area contributed by atoms with Crippen LogP contribution in [-0.4, -0.2) is 21.4 Å². The molecule has 2 heterocycles. The summed E-state index contributed by atoms with van der Waals surface area (Å²) in [4.78, 5) is 24.9. The molecule has 0 spiro atoms. The summed E-state index contributed by atoms with van der Waals surface area (Å²) in [6, 6.07) is 10.5. The van der Waals surface area contributed by atoms with Crippen molar-refractivity contribution in [2.24, 2.45) is 5.10 Å². The number of nitrogens with one attached hydrogen (secondary N) is 1. The Balaban J connectivity index is 1.97. The summed E-state index contributed by atoms with van der Waals surface area (Å²) in [5, 5.41) is 9.19. The summed E-state index contributed by atoms with van der Waals surface area (Å²) in [5.41, 5.74) is 2.95. The predicted octanol–water partition coefficient (Wildman–Crippen LogP) is 2.47. The van der Waals surface area contributed by atoms with Gasteiger partial charge >= 0.3 is 0 Å². The minimum absolute atomic E-state index is 0.157. The molecule has 1 aromatic carbocycles. The molecule has 3 rings (SSSR count). The maximum absolute atomic E-state index is 12.6. The number of nitrogens with zero attached hydrogens (tertiary/aromatic N) is 3. The number of hydrogen-bond donors (Lipinski definition) is 1. The van der Waals surface area contributed by atoms with E-state index in [2.05, 4.69) is 15.6 Å². The number of carbonyl (C=O) groups excluding carboxylic acids is 1. The SMILES string of the molecule is CCn1nc(C(=O)N/N=C(\C)c2ccc(C)o2)c2ccccc2c1=O. The fourth-order valence-electron chi connectivity index (χ4n) is 2.49. The first-order chi connectivity index (χ1) is 12.0. The Kier molecular flexibility index (Phi) is 4.47. The van der Waals surface area contributed by atoms with Gasteiger partial charge in [0.05, 0.1) is 5.39 Å². The minimum atomic E-state index is -0.485. The summed E-state index contributed by atoms with van der Waals surface area (Å²) in [6.07, 6.45) is 0. The first-order valence-electron chi connectivity index (χ1n) is 7.92. The van der Waals surface area contributed by atoms with E-state index in [9.17, 15) is 9.59 Å². The molecule has 128 valence electrons. The molecule has 2 aromatic heterocycles. The molecule has 25 heavy (non-hydrogen) atoms. The molecule has 1 amide bonds. The average molecular weight is 338 g/mol. The Morgan fingerprint density at radius 1 is 1.24 bits per heavy atom. The zero-order valence-electron chi connectivity index (χ0n) is 14.2. The molecule has 0 radical (unpaired) electrons. The average Bonchev–Trinajstić information content (AvgIpc) is 3.06. The van der Waals surface area contributed by atoms with Crippen LogP contribution in [0.15, 0.2) is 50.7 Å². The second-order valence-electron chi connectivity index (χ2n) is 5.56. The molecule has 0 unspecified atom stereocenters. The number of hydrazone groups is 1. The standard InChI is InChI=1S/C18H18N4O3/c1-4-22-18(24)14-8-6-5-7-13(14)16(21-22)17(23)20-19-12(3)15-10-9-11(2)25-15/h5-10H,4H2,1-3H3,(H,20,23)/b19-12+. The van der Waals surface area contributed by atoms with Gasteiger partial charge in [-0.05, 0) is 39.0 Å². The maximum Gasteiger partial charge on any atom is 0.292 e. The van der Waals surface area contributed by atoms with Crippen molar-refractivity contribution in [2.75, 3.05) is 0 Å². The van der Waals surface area contributed by atoms with Gasteiger partial charge in [-0.2, -0.15) is 10.2 Å². The zero-order chi connectivity index (χ0) is 18.0. The number of aryl methyl sites for hydroxylation is 2. The van der Waals surface area contributed by atoms with Crippen molar-refractivity contribution in [3.05, 3.63) is 64.0 Å². The van der Waals surface area contributed by atoms with Crippen molar-refractivity contribution < 1.29 is 9.21 Å². The number of rotatable bonds is 4. The second kappa shape index (κ2) is 6.72. The number of furan rings is 1. The lowest BCUT2D eigenvalue weighted by atomic mass is 10.1. The Bertz CT molecular complexity index is 1030. The molecule has 7 nitrogen and oxygen atoms in total. The van der Waals surface area contributed by atoms with Crippen LogP contribution in [0.25, 0.3) is 10.8 Å². The summed E-state index contributed by atoms with van der Waals surface area (Å²) < 4.78 is 6.73. The summed E-state index contributed by atoms with van der Waals surface area (Å²) >= 11 is 0. The number of amides is 1. The summed E-state index contributed by atoms with van der Waals surface area (Å²) in [5.74, 6) is 0.855. The molecule has 3 aromatic rings. The molecule has 1 N–H and O–H groups in total. The van der Waals surface area contributed by atoms with Crippen LogP contribution >= 0.6 is 0 Å². The van der Waals surface area contributed by atoms with E-state index in [-0.39, 0.29) is 11.3 Å². The largest absolute Gasteiger partial charge is 0.460 e. The quantitative estimate of drug-likeness (QED) is 0.584. The van der Waals surface area contributed by atoms with Crippen LogP contribution in [0.3, 0.4) is 0 Å². The number of carbonyl (C=O) groups is 1. The van der Waals surface area contributed by atoms with Gasteiger partial charge in [-0.15, -0.1) is 0 Å². The van der Waals surface area contributed by atoms with E-state index in [0.29, 0.717) is 28.8 Å². The molecule has 0 fully saturated rings. The molecule has 0 aliphatic rings. The van der Waals surface area contributed by atoms with Crippen LogP contribution in [0.4, 0.5) is 0 Å². The zero-order valence-corrected chi connectivity index (χ0v) is 14.2. The highest BCUT2D eigenvalue weighted by Gasteiger charge is 2.16. The van der Waals surface area contributed by atoms with Crippen molar-refractivity contribution in [1.29, 1.82) is 0 Å².